The molecule has 7 aromatic rings. The number of phenolic OH excluding ortho intramolecular Hbond substituents is 1. The molecule has 5 aromatic carbocycles. The fourth-order valence-electron chi connectivity index (χ4n) is 6.82. The van der Waals surface area contributed by atoms with E-state index < -0.39 is 8.07 Å². The van der Waals surface area contributed by atoms with Crippen LogP contribution in [0.3, 0.4) is 0 Å². The van der Waals surface area contributed by atoms with Crippen LogP contribution >= 0.6 is 0 Å². The van der Waals surface area contributed by atoms with E-state index in [2.05, 4.69) is 155 Å². The summed E-state index contributed by atoms with van der Waals surface area (Å²) in [7, 11) is -1.73. The minimum absolute atomic E-state index is 0.237. The van der Waals surface area contributed by atoms with E-state index in [1.165, 1.54) is 33.1 Å². The number of rotatable bonds is 8. The predicted octanol–water partition coefficient (Wildman–Crippen LogP) is 11.6. The first-order valence-corrected chi connectivity index (χ1v) is 21.1. The van der Waals surface area contributed by atoms with Crippen LogP contribution in [0.5, 0.6) is 5.75 Å². The maximum absolute atomic E-state index is 10.8. The van der Waals surface area contributed by atoms with Crippen LogP contribution in [0.2, 0.25) is 19.6 Å². The van der Waals surface area contributed by atoms with Gasteiger partial charge in [0.15, 0.2) is 0 Å². The number of aromatic hydroxyl groups is 1. The van der Waals surface area contributed by atoms with Gasteiger partial charge in [0.1, 0.15) is 11.6 Å². The van der Waals surface area contributed by atoms with Gasteiger partial charge in [0.25, 0.3) is 0 Å². The quantitative estimate of drug-likeness (QED) is 0.164. The summed E-state index contributed by atoms with van der Waals surface area (Å²) in [6.45, 7) is 16.2. The van der Waals surface area contributed by atoms with Crippen LogP contribution in [0.1, 0.15) is 50.7 Å². The van der Waals surface area contributed by atoms with Gasteiger partial charge in [0.2, 0.25) is 0 Å². The maximum Gasteiger partial charge on any atom is 0.145 e. The summed E-state index contributed by atoms with van der Waals surface area (Å²) in [5, 5.41) is 12.1. The first-order valence-electron chi connectivity index (χ1n) is 17.6. The minimum Gasteiger partial charge on any atom is -0.507 e. The number of nitrogens with zero attached hydrogens (tertiary/aromatic N) is 3. The van der Waals surface area contributed by atoms with Crippen molar-refractivity contribution in [2.24, 2.45) is 0 Å². The van der Waals surface area contributed by atoms with Gasteiger partial charge in [0, 0.05) is 16.7 Å². The molecule has 0 saturated carbocycles. The number of pyridine rings is 1. The Kier molecular flexibility index (Phi) is 8.79. The molecule has 7 rings (SSSR count). The molecule has 4 nitrogen and oxygen atoms in total. The molecule has 0 aliphatic heterocycles. The SMILES string of the molecule is CC(C)c1cc(-c2ccccc2)cc(C(C)C)c1-n1c(-c2cccc(-c3cc([Si](C)(C)C)cc(-c4ccccc4O)n3)c2)nc2ccccc21. The highest BCUT2D eigenvalue weighted by molar-refractivity contribution is 6.88. The number of fused-ring (bicyclic) bond motifs is 1. The second kappa shape index (κ2) is 13.2. The molecule has 2 aromatic heterocycles. The summed E-state index contributed by atoms with van der Waals surface area (Å²) in [6, 6.07) is 44.4. The molecule has 0 amide bonds. The van der Waals surface area contributed by atoms with Crippen molar-refractivity contribution in [1.82, 2.24) is 14.5 Å². The van der Waals surface area contributed by atoms with E-state index in [-0.39, 0.29) is 17.6 Å². The van der Waals surface area contributed by atoms with Crippen LogP contribution < -0.4 is 5.19 Å². The third-order valence-corrected chi connectivity index (χ3v) is 11.6. The van der Waals surface area contributed by atoms with E-state index >= 15 is 0 Å². The summed E-state index contributed by atoms with van der Waals surface area (Å²) in [5.74, 6) is 1.72. The number of aromatic nitrogens is 3. The van der Waals surface area contributed by atoms with Crippen LogP contribution in [0.25, 0.3) is 61.8 Å². The zero-order chi connectivity index (χ0) is 35.2. The average molecular weight is 672 g/mol. The Morgan fingerprint density at radius 3 is 1.84 bits per heavy atom. The standard InChI is InChI=1S/C45H45N3OSi/c1-29(2)37-25-34(31-16-9-8-10-17-31)26-38(30(3)4)44(37)48-42-22-13-12-21-39(42)47-45(48)33-19-15-18-32(24-33)40-27-35(50(5,6)7)28-41(46-40)36-20-11-14-23-43(36)49/h8-30,49H,1-7H3. The van der Waals surface area contributed by atoms with Crippen LogP contribution in [0, 0.1) is 0 Å². The summed E-state index contributed by atoms with van der Waals surface area (Å²) in [5.41, 5.74) is 12.8. The van der Waals surface area contributed by atoms with Gasteiger partial charge in [-0.05, 0) is 88.7 Å². The minimum atomic E-state index is -1.73. The van der Waals surface area contributed by atoms with Crippen LogP contribution in [0.4, 0.5) is 0 Å². The Morgan fingerprint density at radius 1 is 0.560 bits per heavy atom. The zero-order valence-corrected chi connectivity index (χ0v) is 31.1. The molecule has 250 valence electrons. The van der Waals surface area contributed by atoms with Crippen LogP contribution in [-0.4, -0.2) is 27.7 Å². The van der Waals surface area contributed by atoms with Gasteiger partial charge >= 0.3 is 0 Å². The average Bonchev–Trinajstić information content (AvgIpc) is 3.50. The highest BCUT2D eigenvalue weighted by atomic mass is 28.3. The Bertz CT molecular complexity index is 2300. The number of benzene rings is 5. The molecule has 0 spiro atoms. The lowest BCUT2D eigenvalue weighted by atomic mass is 9.88. The predicted molar refractivity (Wildman–Crippen MR) is 213 cm³/mol. The van der Waals surface area contributed by atoms with E-state index in [4.69, 9.17) is 9.97 Å². The van der Waals surface area contributed by atoms with Gasteiger partial charge in [-0.25, -0.2) is 9.97 Å². The van der Waals surface area contributed by atoms with E-state index in [9.17, 15) is 5.11 Å². The lowest BCUT2D eigenvalue weighted by Gasteiger charge is -2.24. The fraction of sp³-hybridized carbons (Fsp3) is 0.200. The van der Waals surface area contributed by atoms with Crippen LogP contribution in [0.15, 0.2) is 127 Å². The first kappa shape index (κ1) is 33.2. The molecule has 0 aliphatic carbocycles. The molecular weight excluding hydrogens is 627 g/mol. The normalized spacial score (nSPS) is 11.9. The monoisotopic (exact) mass is 671 g/mol. The van der Waals surface area contributed by atoms with Gasteiger partial charge in [-0.1, -0.05) is 125 Å². The highest BCUT2D eigenvalue weighted by Gasteiger charge is 2.25. The van der Waals surface area contributed by atoms with Crippen molar-refractivity contribution in [2.45, 2.75) is 59.2 Å². The third kappa shape index (κ3) is 6.30. The second-order valence-corrected chi connectivity index (χ2v) is 20.0. The molecule has 0 fully saturated rings. The molecule has 5 heteroatoms. The van der Waals surface area contributed by atoms with Crippen molar-refractivity contribution in [3.8, 4) is 56.5 Å². The van der Waals surface area contributed by atoms with Gasteiger partial charge in [-0.15, -0.1) is 0 Å². The largest absolute Gasteiger partial charge is 0.507 e. The first-order chi connectivity index (χ1) is 24.0. The topological polar surface area (TPSA) is 50.9 Å². The lowest BCUT2D eigenvalue weighted by molar-refractivity contribution is 0.477. The molecular formula is C45H45N3OSi. The summed E-state index contributed by atoms with van der Waals surface area (Å²) in [4.78, 5) is 10.5. The Labute approximate surface area is 297 Å². The number of para-hydroxylation sites is 3. The number of hydrogen-bond donors (Lipinski definition) is 1. The van der Waals surface area contributed by atoms with E-state index in [0.29, 0.717) is 0 Å². The number of phenols is 1. The lowest BCUT2D eigenvalue weighted by Crippen LogP contribution is -2.37. The Hall–Kier alpha value is -5.26. The molecule has 0 radical (unpaired) electrons. The smallest absolute Gasteiger partial charge is 0.145 e. The molecule has 0 unspecified atom stereocenters. The van der Waals surface area contributed by atoms with Gasteiger partial charge in [0.05, 0.1) is 36.2 Å². The number of imidazole rings is 1. The van der Waals surface area contributed by atoms with E-state index in [0.717, 1.165) is 44.9 Å². The molecule has 0 aliphatic rings. The van der Waals surface area contributed by atoms with E-state index in [1.54, 1.807) is 6.07 Å². The maximum atomic E-state index is 10.8. The number of hydrogen-bond acceptors (Lipinski definition) is 3. The Balaban J connectivity index is 1.47. The van der Waals surface area contributed by atoms with E-state index in [1.807, 2.05) is 18.2 Å². The van der Waals surface area contributed by atoms with Gasteiger partial charge in [-0.3, -0.25) is 4.57 Å². The zero-order valence-electron chi connectivity index (χ0n) is 30.1. The van der Waals surface area contributed by atoms with Gasteiger partial charge < -0.3 is 5.11 Å². The van der Waals surface area contributed by atoms with Crippen LogP contribution in [-0.2, 0) is 0 Å². The molecule has 1 N–H and O–H groups in total. The summed E-state index contributed by atoms with van der Waals surface area (Å²) in [6.07, 6.45) is 0. The second-order valence-electron chi connectivity index (χ2n) is 14.9. The molecule has 0 saturated heterocycles. The fourth-order valence-corrected chi connectivity index (χ4v) is 7.96. The molecule has 2 heterocycles. The molecule has 50 heavy (non-hydrogen) atoms. The summed E-state index contributed by atoms with van der Waals surface area (Å²) < 4.78 is 2.40. The van der Waals surface area contributed by atoms with Crippen molar-refractivity contribution in [3.05, 3.63) is 139 Å². The van der Waals surface area contributed by atoms with Gasteiger partial charge in [-0.2, -0.15) is 0 Å². The third-order valence-electron chi connectivity index (χ3n) is 9.59. The highest BCUT2D eigenvalue weighted by Crippen LogP contribution is 2.40. The summed E-state index contributed by atoms with van der Waals surface area (Å²) >= 11 is 0. The van der Waals surface area contributed by atoms with Crippen molar-refractivity contribution < 1.29 is 5.11 Å². The van der Waals surface area contributed by atoms with Crippen molar-refractivity contribution in [1.29, 1.82) is 0 Å². The van der Waals surface area contributed by atoms with Crippen molar-refractivity contribution >= 4 is 24.3 Å². The van der Waals surface area contributed by atoms with Crippen molar-refractivity contribution in [3.63, 3.8) is 0 Å². The van der Waals surface area contributed by atoms with Crippen molar-refractivity contribution in [2.75, 3.05) is 0 Å². The Morgan fingerprint density at radius 2 is 1.16 bits per heavy atom. The molecule has 0 bridgehead atoms. The molecule has 0 atom stereocenters.